The van der Waals surface area contributed by atoms with Crippen LogP contribution in [0.15, 0.2) is 72.8 Å². The van der Waals surface area contributed by atoms with E-state index in [-0.39, 0.29) is 34.9 Å². The lowest BCUT2D eigenvalue weighted by Gasteiger charge is -2.17. The lowest BCUT2D eigenvalue weighted by Crippen LogP contribution is -2.87. The van der Waals surface area contributed by atoms with Crippen LogP contribution in [0.1, 0.15) is 22.7 Å². The lowest BCUT2D eigenvalue weighted by atomic mass is 9.98. The highest BCUT2D eigenvalue weighted by Gasteiger charge is 2.21. The number of carbonyl (C=O) groups is 1. The first-order chi connectivity index (χ1) is 13.9. The smallest absolute Gasteiger partial charge is 0.294 e. The Balaban J connectivity index is 1.75. The van der Waals surface area contributed by atoms with E-state index in [1.807, 2.05) is 66.8 Å². The third kappa shape index (κ3) is 5.40. The number of rotatable bonds is 7. The molecule has 0 saturated carbocycles. The average molecular weight is 411 g/mol. The van der Waals surface area contributed by atoms with Gasteiger partial charge in [0.15, 0.2) is 6.54 Å². The van der Waals surface area contributed by atoms with E-state index in [0.717, 1.165) is 16.7 Å². The summed E-state index contributed by atoms with van der Waals surface area (Å²) in [6.07, 6.45) is 0. The van der Waals surface area contributed by atoms with Gasteiger partial charge in [0.25, 0.3) is 11.6 Å². The number of quaternary nitrogens is 1. The van der Waals surface area contributed by atoms with Crippen molar-refractivity contribution < 1.29 is 15.0 Å². The number of hydrogen-bond donors (Lipinski definition) is 2. The zero-order chi connectivity index (χ0) is 20.8. The normalized spacial score (nSPS) is 11.7. The van der Waals surface area contributed by atoms with Gasteiger partial charge in [-0.05, 0) is 19.1 Å². The molecule has 0 aliphatic carbocycles. The van der Waals surface area contributed by atoms with Gasteiger partial charge in [-0.25, -0.2) is 0 Å². The molecule has 0 spiro atoms. The molecule has 1 amide bonds. The maximum Gasteiger partial charge on any atom is 0.294 e. The molecule has 3 N–H and O–H groups in total. The summed E-state index contributed by atoms with van der Waals surface area (Å²) in [5.74, 6) is -0.330. The molecular weight excluding hydrogens is 390 g/mol. The molecule has 0 aromatic heterocycles. The fraction of sp³-hybridized carbons (Fsp3) is 0.136. The molecule has 3 rings (SSSR count). The number of nitro groups is 1. The molecule has 3 aromatic carbocycles. The molecule has 3 aromatic rings. The van der Waals surface area contributed by atoms with Crippen molar-refractivity contribution in [2.24, 2.45) is 0 Å². The van der Waals surface area contributed by atoms with Gasteiger partial charge in [-0.2, -0.15) is 0 Å². The zero-order valence-corrected chi connectivity index (χ0v) is 16.6. The minimum atomic E-state index is -0.565. The third-order valence-electron chi connectivity index (χ3n) is 4.56. The topological polar surface area (TPSA) is 88.8 Å². The van der Waals surface area contributed by atoms with Crippen molar-refractivity contribution in [3.63, 3.8) is 0 Å². The van der Waals surface area contributed by atoms with Crippen LogP contribution >= 0.6 is 11.6 Å². The average Bonchev–Trinajstić information content (AvgIpc) is 2.71. The summed E-state index contributed by atoms with van der Waals surface area (Å²) in [5.41, 5.74) is 3.20. The molecule has 0 saturated heterocycles. The first kappa shape index (κ1) is 20.5. The molecule has 7 heteroatoms. The van der Waals surface area contributed by atoms with Crippen LogP contribution in [-0.2, 0) is 4.79 Å². The first-order valence-electron chi connectivity index (χ1n) is 9.12. The van der Waals surface area contributed by atoms with E-state index in [2.05, 4.69) is 5.32 Å². The summed E-state index contributed by atoms with van der Waals surface area (Å²) in [6.45, 7) is 2.13. The van der Waals surface area contributed by atoms with Gasteiger partial charge in [0.1, 0.15) is 11.7 Å². The molecule has 0 radical (unpaired) electrons. The van der Waals surface area contributed by atoms with Crippen LogP contribution in [0, 0.1) is 17.0 Å². The number of amides is 1. The Hall–Kier alpha value is -3.22. The van der Waals surface area contributed by atoms with Crippen molar-refractivity contribution >= 4 is 28.9 Å². The molecule has 0 bridgehead atoms. The predicted molar refractivity (Wildman–Crippen MR) is 113 cm³/mol. The molecule has 0 aliphatic heterocycles. The Kier molecular flexibility index (Phi) is 6.59. The number of nitrogens with two attached hydrogens (primary N) is 1. The highest BCUT2D eigenvalue weighted by Crippen LogP contribution is 2.27. The van der Waals surface area contributed by atoms with Gasteiger partial charge in [0, 0.05) is 22.2 Å². The lowest BCUT2D eigenvalue weighted by molar-refractivity contribution is -0.676. The van der Waals surface area contributed by atoms with Crippen LogP contribution in [0.25, 0.3) is 0 Å². The number of halogens is 1. The summed E-state index contributed by atoms with van der Waals surface area (Å²) in [4.78, 5) is 23.1. The second kappa shape index (κ2) is 9.32. The molecule has 0 aliphatic rings. The Morgan fingerprint density at radius 2 is 1.72 bits per heavy atom. The number of anilines is 1. The minimum Gasteiger partial charge on any atom is -0.328 e. The van der Waals surface area contributed by atoms with Crippen molar-refractivity contribution in [1.29, 1.82) is 0 Å². The van der Waals surface area contributed by atoms with Crippen molar-refractivity contribution in [3.05, 3.63) is 105 Å². The largest absolute Gasteiger partial charge is 0.328 e. The molecule has 0 fully saturated rings. The van der Waals surface area contributed by atoms with Crippen LogP contribution in [0.2, 0.25) is 5.02 Å². The number of benzene rings is 3. The van der Waals surface area contributed by atoms with Gasteiger partial charge in [-0.3, -0.25) is 14.9 Å². The van der Waals surface area contributed by atoms with Crippen LogP contribution in [0.3, 0.4) is 0 Å². The van der Waals surface area contributed by atoms with E-state index in [9.17, 15) is 14.9 Å². The van der Waals surface area contributed by atoms with E-state index in [1.165, 1.54) is 18.2 Å². The standard InChI is InChI=1S/C22H20ClN3O3/c1-15-7-9-17(10-8-15)22(16-5-3-2-4-6-16)24-14-21(27)25-19-12-11-18(23)13-20(19)26(28)29/h2-13,22,24H,14H2,1H3,(H,25,27)/p+1/t22-/m1/s1. The van der Waals surface area contributed by atoms with E-state index in [1.54, 1.807) is 0 Å². The number of carbonyl (C=O) groups excluding carboxylic acids is 1. The van der Waals surface area contributed by atoms with Crippen molar-refractivity contribution in [1.82, 2.24) is 0 Å². The van der Waals surface area contributed by atoms with Crippen molar-refractivity contribution in [2.45, 2.75) is 13.0 Å². The molecule has 6 nitrogen and oxygen atoms in total. The first-order valence-corrected chi connectivity index (χ1v) is 9.50. The Labute approximate surface area is 173 Å². The SMILES string of the molecule is Cc1ccc([C@H]([NH2+]CC(=O)Nc2ccc(Cl)cc2[N+](=O)[O-])c2ccccc2)cc1. The van der Waals surface area contributed by atoms with Crippen LogP contribution in [0.4, 0.5) is 11.4 Å². The Morgan fingerprint density at radius 1 is 1.07 bits per heavy atom. The number of nitrogens with zero attached hydrogens (tertiary/aromatic N) is 1. The maximum absolute atomic E-state index is 12.5. The van der Waals surface area contributed by atoms with Crippen molar-refractivity contribution in [2.75, 3.05) is 11.9 Å². The summed E-state index contributed by atoms with van der Waals surface area (Å²) < 4.78 is 0. The van der Waals surface area contributed by atoms with Gasteiger partial charge >= 0.3 is 0 Å². The molecule has 29 heavy (non-hydrogen) atoms. The van der Waals surface area contributed by atoms with Gasteiger partial charge in [0.2, 0.25) is 0 Å². The van der Waals surface area contributed by atoms with E-state index in [0.29, 0.717) is 0 Å². The molecule has 148 valence electrons. The molecule has 1 atom stereocenters. The number of nitro benzene ring substituents is 1. The summed E-state index contributed by atoms with van der Waals surface area (Å²) in [6, 6.07) is 22.2. The van der Waals surface area contributed by atoms with Crippen LogP contribution in [-0.4, -0.2) is 17.4 Å². The van der Waals surface area contributed by atoms with Gasteiger partial charge < -0.3 is 10.6 Å². The molecule has 0 heterocycles. The minimum absolute atomic E-state index is 0.0669. The van der Waals surface area contributed by atoms with Crippen LogP contribution < -0.4 is 10.6 Å². The molecule has 0 unspecified atom stereocenters. The van der Waals surface area contributed by atoms with Gasteiger partial charge in [0.05, 0.1) is 4.92 Å². The zero-order valence-electron chi connectivity index (χ0n) is 15.8. The summed E-state index contributed by atoms with van der Waals surface area (Å²) in [7, 11) is 0. The van der Waals surface area contributed by atoms with Crippen LogP contribution in [0.5, 0.6) is 0 Å². The highest BCUT2D eigenvalue weighted by molar-refractivity contribution is 6.31. The van der Waals surface area contributed by atoms with Crippen molar-refractivity contribution in [3.8, 4) is 0 Å². The number of hydrogen-bond acceptors (Lipinski definition) is 3. The summed E-state index contributed by atoms with van der Waals surface area (Å²) in [5, 5.41) is 16.0. The molecular formula is C22H21ClN3O3+. The second-order valence-electron chi connectivity index (χ2n) is 6.71. The quantitative estimate of drug-likeness (QED) is 0.458. The van der Waals surface area contributed by atoms with E-state index >= 15 is 0 Å². The fourth-order valence-corrected chi connectivity index (χ4v) is 3.25. The monoisotopic (exact) mass is 410 g/mol. The van der Waals surface area contributed by atoms with Gasteiger partial charge in [-0.15, -0.1) is 0 Å². The second-order valence-corrected chi connectivity index (χ2v) is 7.14. The Bertz CT molecular complexity index is 1010. The predicted octanol–water partition coefficient (Wildman–Crippen LogP) is 3.85. The van der Waals surface area contributed by atoms with E-state index in [4.69, 9.17) is 11.6 Å². The number of aryl methyl sites for hydroxylation is 1. The summed E-state index contributed by atoms with van der Waals surface area (Å²) >= 11 is 5.82. The number of nitrogens with one attached hydrogen (secondary N) is 1. The fourth-order valence-electron chi connectivity index (χ4n) is 3.09. The highest BCUT2D eigenvalue weighted by atomic mass is 35.5. The van der Waals surface area contributed by atoms with Gasteiger partial charge in [-0.1, -0.05) is 71.8 Å². The third-order valence-corrected chi connectivity index (χ3v) is 4.80. The Morgan fingerprint density at radius 3 is 2.38 bits per heavy atom. The maximum atomic E-state index is 12.5. The van der Waals surface area contributed by atoms with E-state index < -0.39 is 4.92 Å².